The third-order valence-electron chi connectivity index (χ3n) is 5.72. The van der Waals surface area contributed by atoms with Gasteiger partial charge >= 0.3 is 0 Å². The van der Waals surface area contributed by atoms with Crippen molar-refractivity contribution in [2.24, 2.45) is 0 Å². The molecule has 1 atom stereocenters. The van der Waals surface area contributed by atoms with Crippen LogP contribution in [0.3, 0.4) is 0 Å². The summed E-state index contributed by atoms with van der Waals surface area (Å²) in [7, 11) is 1.66. The zero-order chi connectivity index (χ0) is 20.3. The molecule has 1 aliphatic heterocycles. The lowest BCUT2D eigenvalue weighted by Gasteiger charge is -2.49. The molecule has 0 saturated carbocycles. The molecule has 0 radical (unpaired) electrons. The number of ether oxygens (including phenoxy) is 1. The molecular weight excluding hydrogens is 346 g/mol. The second kappa shape index (κ2) is 8.62. The fourth-order valence-corrected chi connectivity index (χ4v) is 4.28. The molecule has 4 heteroatoms. The van der Waals surface area contributed by atoms with Crippen LogP contribution in [0.5, 0.6) is 5.88 Å². The molecule has 1 aromatic carbocycles. The van der Waals surface area contributed by atoms with Crippen LogP contribution in [0, 0.1) is 0 Å². The molecule has 28 heavy (non-hydrogen) atoms. The van der Waals surface area contributed by atoms with Gasteiger partial charge in [-0.25, -0.2) is 4.98 Å². The summed E-state index contributed by atoms with van der Waals surface area (Å²) in [6, 6.07) is 13.5. The first-order chi connectivity index (χ1) is 13.3. The van der Waals surface area contributed by atoms with E-state index in [-0.39, 0.29) is 5.54 Å². The summed E-state index contributed by atoms with van der Waals surface area (Å²) in [5.74, 6) is 1.20. The minimum Gasteiger partial charge on any atom is -0.481 e. The number of hydrogen-bond donors (Lipinski definition) is 0. The van der Waals surface area contributed by atoms with E-state index >= 15 is 0 Å². The van der Waals surface area contributed by atoms with Crippen molar-refractivity contribution in [1.29, 1.82) is 0 Å². The Bertz CT molecular complexity index is 764. The number of hydrogen-bond acceptors (Lipinski definition) is 4. The topological polar surface area (TPSA) is 28.6 Å². The molecule has 2 heterocycles. The Balaban J connectivity index is 1.85. The van der Waals surface area contributed by atoms with Crippen molar-refractivity contribution >= 4 is 0 Å². The van der Waals surface area contributed by atoms with E-state index in [1.165, 1.54) is 16.7 Å². The first-order valence-corrected chi connectivity index (χ1v) is 10.4. The minimum absolute atomic E-state index is 0.141. The highest BCUT2D eigenvalue weighted by atomic mass is 16.5. The molecule has 1 aliphatic rings. The predicted octanol–water partition coefficient (Wildman–Crippen LogP) is 4.87. The third kappa shape index (κ3) is 4.73. The normalized spacial score (nSPS) is 19.2. The van der Waals surface area contributed by atoms with Gasteiger partial charge in [0.2, 0.25) is 5.88 Å². The molecule has 0 bridgehead atoms. The summed E-state index contributed by atoms with van der Waals surface area (Å²) in [6.07, 6.45) is 1.94. The number of rotatable bonds is 5. The molecule has 3 rings (SSSR count). The Labute approximate surface area is 170 Å². The zero-order valence-corrected chi connectivity index (χ0v) is 18.3. The molecule has 2 aromatic rings. The summed E-state index contributed by atoms with van der Waals surface area (Å²) in [5, 5.41) is 0. The molecular formula is C24H35N3O. The van der Waals surface area contributed by atoms with Gasteiger partial charge in [-0.2, -0.15) is 0 Å². The van der Waals surface area contributed by atoms with Crippen LogP contribution in [0.15, 0.2) is 42.6 Å². The predicted molar refractivity (Wildman–Crippen MR) is 116 cm³/mol. The first-order valence-electron chi connectivity index (χ1n) is 10.4. The van der Waals surface area contributed by atoms with Crippen molar-refractivity contribution < 1.29 is 4.74 Å². The van der Waals surface area contributed by atoms with Crippen LogP contribution in [0.2, 0.25) is 0 Å². The van der Waals surface area contributed by atoms with Crippen molar-refractivity contribution in [2.75, 3.05) is 26.7 Å². The fourth-order valence-electron chi connectivity index (χ4n) is 4.28. The largest absolute Gasteiger partial charge is 0.481 e. The standard InChI is InChI=1S/C24H35N3O/c1-18(2)20-9-7-8-10-21(20)22-17-26(13-14-27(22)24(3,4)5)16-19-11-12-23(28-6)25-15-19/h7-12,15,18,22H,13-14,16-17H2,1-6H3. The Hall–Kier alpha value is -1.91. The summed E-state index contributed by atoms with van der Waals surface area (Å²) in [4.78, 5) is 9.61. The van der Waals surface area contributed by atoms with Crippen LogP contribution >= 0.6 is 0 Å². The smallest absolute Gasteiger partial charge is 0.212 e. The summed E-state index contributed by atoms with van der Waals surface area (Å²) in [5.41, 5.74) is 4.32. The van der Waals surface area contributed by atoms with Gasteiger partial charge < -0.3 is 4.74 Å². The van der Waals surface area contributed by atoms with E-state index in [1.807, 2.05) is 12.3 Å². The number of benzene rings is 1. The molecule has 152 valence electrons. The van der Waals surface area contributed by atoms with E-state index in [0.29, 0.717) is 17.8 Å². The van der Waals surface area contributed by atoms with Crippen molar-refractivity contribution in [3.8, 4) is 5.88 Å². The number of methoxy groups -OCH3 is 1. The van der Waals surface area contributed by atoms with Gasteiger partial charge in [-0.1, -0.05) is 44.2 Å². The van der Waals surface area contributed by atoms with Crippen LogP contribution in [0.4, 0.5) is 0 Å². The number of piperazine rings is 1. The summed E-state index contributed by atoms with van der Waals surface area (Å²) >= 11 is 0. The highest BCUT2D eigenvalue weighted by molar-refractivity contribution is 5.33. The lowest BCUT2D eigenvalue weighted by Crippen LogP contribution is -2.55. The van der Waals surface area contributed by atoms with Crippen molar-refractivity contribution in [3.63, 3.8) is 0 Å². The molecule has 1 fully saturated rings. The third-order valence-corrected chi connectivity index (χ3v) is 5.72. The zero-order valence-electron chi connectivity index (χ0n) is 18.3. The van der Waals surface area contributed by atoms with Crippen LogP contribution in [0.1, 0.15) is 63.3 Å². The second-order valence-electron chi connectivity index (χ2n) is 9.11. The van der Waals surface area contributed by atoms with E-state index in [9.17, 15) is 0 Å². The lowest BCUT2D eigenvalue weighted by atomic mass is 9.88. The van der Waals surface area contributed by atoms with Crippen molar-refractivity contribution in [3.05, 3.63) is 59.3 Å². The molecule has 0 amide bonds. The molecule has 4 nitrogen and oxygen atoms in total. The van der Waals surface area contributed by atoms with Gasteiger partial charge in [0.05, 0.1) is 7.11 Å². The van der Waals surface area contributed by atoms with Crippen LogP contribution in [-0.2, 0) is 6.54 Å². The van der Waals surface area contributed by atoms with Gasteiger partial charge in [0, 0.05) is 50.0 Å². The summed E-state index contributed by atoms with van der Waals surface area (Å²) in [6.45, 7) is 15.7. The maximum atomic E-state index is 5.19. The number of aromatic nitrogens is 1. The van der Waals surface area contributed by atoms with Gasteiger partial charge in [-0.3, -0.25) is 9.80 Å². The molecule has 1 aromatic heterocycles. The molecule has 0 aliphatic carbocycles. The van der Waals surface area contributed by atoms with Crippen LogP contribution in [0.25, 0.3) is 0 Å². The Morgan fingerprint density at radius 1 is 1.11 bits per heavy atom. The number of pyridine rings is 1. The van der Waals surface area contributed by atoms with E-state index in [1.54, 1.807) is 7.11 Å². The SMILES string of the molecule is COc1ccc(CN2CCN(C(C)(C)C)C(c3ccccc3C(C)C)C2)cn1. The van der Waals surface area contributed by atoms with Gasteiger partial charge in [-0.15, -0.1) is 0 Å². The van der Waals surface area contributed by atoms with E-state index in [0.717, 1.165) is 26.2 Å². The highest BCUT2D eigenvalue weighted by Crippen LogP contribution is 2.36. The average molecular weight is 382 g/mol. The molecule has 0 N–H and O–H groups in total. The lowest BCUT2D eigenvalue weighted by molar-refractivity contribution is 0.00551. The first kappa shape index (κ1) is 20.8. The molecule has 1 unspecified atom stereocenters. The quantitative estimate of drug-likeness (QED) is 0.739. The van der Waals surface area contributed by atoms with E-state index < -0.39 is 0 Å². The Morgan fingerprint density at radius 2 is 1.86 bits per heavy atom. The fraction of sp³-hybridized carbons (Fsp3) is 0.542. The second-order valence-corrected chi connectivity index (χ2v) is 9.11. The maximum absolute atomic E-state index is 5.19. The molecule has 1 saturated heterocycles. The van der Waals surface area contributed by atoms with Crippen LogP contribution in [-0.4, -0.2) is 47.1 Å². The summed E-state index contributed by atoms with van der Waals surface area (Å²) < 4.78 is 5.19. The van der Waals surface area contributed by atoms with E-state index in [2.05, 4.69) is 79.7 Å². The number of nitrogens with zero attached hydrogens (tertiary/aromatic N) is 3. The van der Waals surface area contributed by atoms with Crippen LogP contribution < -0.4 is 4.74 Å². The van der Waals surface area contributed by atoms with E-state index in [4.69, 9.17) is 4.74 Å². The highest BCUT2D eigenvalue weighted by Gasteiger charge is 2.35. The average Bonchev–Trinajstić information content (AvgIpc) is 2.67. The van der Waals surface area contributed by atoms with Gasteiger partial charge in [0.15, 0.2) is 0 Å². The Morgan fingerprint density at radius 3 is 2.46 bits per heavy atom. The van der Waals surface area contributed by atoms with Crippen molar-refractivity contribution in [2.45, 2.75) is 58.7 Å². The maximum Gasteiger partial charge on any atom is 0.212 e. The monoisotopic (exact) mass is 381 g/mol. The van der Waals surface area contributed by atoms with Gasteiger partial charge in [0.25, 0.3) is 0 Å². The van der Waals surface area contributed by atoms with Gasteiger partial charge in [-0.05, 0) is 43.4 Å². The Kier molecular flexibility index (Phi) is 6.41. The minimum atomic E-state index is 0.141. The van der Waals surface area contributed by atoms with Crippen molar-refractivity contribution in [1.82, 2.24) is 14.8 Å². The molecule has 0 spiro atoms. The van der Waals surface area contributed by atoms with Gasteiger partial charge in [0.1, 0.15) is 0 Å².